The molecule has 29 heavy (non-hydrogen) atoms. The second-order valence-corrected chi connectivity index (χ2v) is 7.28. The standard InChI is InChI=1S/C16H26N2O11/c1-5-2-8(21)18(17-5)15-12(25)11(24)14(7(4-20)27-15)29-16-13(26)10(23)9(22)6(3-19)28-16/h6-7,9-16,19-20,22-26H,2-4H2,1H3/t6-,7-,9+,10+,11-,12-,13-,14-,15?,16+/m1/s1. The van der Waals surface area contributed by atoms with E-state index < -0.39 is 80.5 Å². The van der Waals surface area contributed by atoms with Crippen LogP contribution in [-0.4, -0.2) is 127 Å². The molecule has 0 saturated carbocycles. The van der Waals surface area contributed by atoms with Gasteiger partial charge >= 0.3 is 0 Å². The van der Waals surface area contributed by atoms with Crippen molar-refractivity contribution in [1.82, 2.24) is 5.01 Å². The molecule has 0 spiro atoms. The van der Waals surface area contributed by atoms with Gasteiger partial charge < -0.3 is 50.0 Å². The highest BCUT2D eigenvalue weighted by atomic mass is 16.7. The number of aliphatic hydroxyl groups excluding tert-OH is 7. The fraction of sp³-hybridized carbons (Fsp3) is 0.875. The van der Waals surface area contributed by atoms with Gasteiger partial charge in [0.1, 0.15) is 48.8 Å². The molecule has 0 radical (unpaired) electrons. The molecule has 0 aromatic rings. The van der Waals surface area contributed by atoms with Crippen molar-refractivity contribution in [2.75, 3.05) is 13.2 Å². The Morgan fingerprint density at radius 1 is 0.966 bits per heavy atom. The van der Waals surface area contributed by atoms with Crippen LogP contribution in [-0.2, 0) is 19.0 Å². The summed E-state index contributed by atoms with van der Waals surface area (Å²) in [5.74, 6) is -0.455. The Morgan fingerprint density at radius 3 is 2.17 bits per heavy atom. The van der Waals surface area contributed by atoms with Gasteiger partial charge in [-0.3, -0.25) is 4.79 Å². The van der Waals surface area contributed by atoms with E-state index in [0.717, 1.165) is 5.01 Å². The fourth-order valence-electron chi connectivity index (χ4n) is 3.55. The van der Waals surface area contributed by atoms with E-state index in [1.165, 1.54) is 0 Å². The lowest BCUT2D eigenvalue weighted by Gasteiger charge is -2.46. The van der Waals surface area contributed by atoms with Crippen molar-refractivity contribution in [3.05, 3.63) is 0 Å². The molecule has 2 saturated heterocycles. The van der Waals surface area contributed by atoms with Crippen molar-refractivity contribution < 1.29 is 54.8 Å². The Morgan fingerprint density at radius 2 is 1.62 bits per heavy atom. The molecule has 3 aliphatic rings. The van der Waals surface area contributed by atoms with E-state index in [2.05, 4.69) is 5.10 Å². The van der Waals surface area contributed by atoms with Crippen molar-refractivity contribution in [3.63, 3.8) is 0 Å². The van der Waals surface area contributed by atoms with Crippen LogP contribution in [0.1, 0.15) is 13.3 Å². The second-order valence-electron chi connectivity index (χ2n) is 7.28. The molecule has 2 fully saturated rings. The maximum absolute atomic E-state index is 12.0. The molecule has 166 valence electrons. The van der Waals surface area contributed by atoms with E-state index in [0.29, 0.717) is 5.71 Å². The third-order valence-electron chi connectivity index (χ3n) is 5.16. The molecule has 3 heterocycles. The molecule has 7 N–H and O–H groups in total. The summed E-state index contributed by atoms with van der Waals surface area (Å²) in [6.45, 7) is 0.238. The third kappa shape index (κ3) is 4.16. The maximum atomic E-state index is 12.0. The quantitative estimate of drug-likeness (QED) is 0.224. The van der Waals surface area contributed by atoms with Gasteiger partial charge in [-0.1, -0.05) is 0 Å². The Hall–Kier alpha value is -1.26. The van der Waals surface area contributed by atoms with Crippen LogP contribution in [0.15, 0.2) is 5.10 Å². The van der Waals surface area contributed by atoms with E-state index >= 15 is 0 Å². The minimum Gasteiger partial charge on any atom is -0.394 e. The van der Waals surface area contributed by atoms with Crippen molar-refractivity contribution in [3.8, 4) is 0 Å². The van der Waals surface area contributed by atoms with Gasteiger partial charge in [0.05, 0.1) is 19.6 Å². The number of amides is 1. The van der Waals surface area contributed by atoms with E-state index in [4.69, 9.17) is 14.2 Å². The molecule has 0 aromatic heterocycles. The molecular weight excluding hydrogens is 396 g/mol. The van der Waals surface area contributed by atoms with Gasteiger partial charge in [-0.25, -0.2) is 5.01 Å². The average molecular weight is 422 g/mol. The predicted molar refractivity (Wildman–Crippen MR) is 91.0 cm³/mol. The van der Waals surface area contributed by atoms with E-state index in [1.54, 1.807) is 6.92 Å². The normalized spacial score (nSPS) is 46.1. The van der Waals surface area contributed by atoms with Crippen molar-refractivity contribution >= 4 is 11.6 Å². The van der Waals surface area contributed by atoms with E-state index in [-0.39, 0.29) is 6.42 Å². The minimum atomic E-state index is -1.75. The summed E-state index contributed by atoms with van der Waals surface area (Å²) >= 11 is 0. The molecular formula is C16H26N2O11. The number of ether oxygens (including phenoxy) is 3. The largest absolute Gasteiger partial charge is 0.394 e. The average Bonchev–Trinajstić information content (AvgIpc) is 3.03. The number of aliphatic hydroxyl groups is 7. The monoisotopic (exact) mass is 422 g/mol. The number of rotatable bonds is 5. The Kier molecular flexibility index (Phi) is 6.84. The van der Waals surface area contributed by atoms with Crippen LogP contribution >= 0.6 is 0 Å². The predicted octanol–water partition coefficient (Wildman–Crippen LogP) is -4.78. The van der Waals surface area contributed by atoms with Crippen LogP contribution in [0, 0.1) is 0 Å². The lowest BCUT2D eigenvalue weighted by Crippen LogP contribution is -2.66. The topological polar surface area (TPSA) is 202 Å². The van der Waals surface area contributed by atoms with Gasteiger partial charge in [0.2, 0.25) is 0 Å². The Labute approximate surface area is 165 Å². The molecule has 13 heteroatoms. The summed E-state index contributed by atoms with van der Waals surface area (Å²) in [6.07, 6.45) is -15.3. The van der Waals surface area contributed by atoms with Gasteiger partial charge in [-0.2, -0.15) is 5.10 Å². The minimum absolute atomic E-state index is 0.0251. The first-order valence-electron chi connectivity index (χ1n) is 9.14. The molecule has 1 amide bonds. The smallest absolute Gasteiger partial charge is 0.250 e. The summed E-state index contributed by atoms with van der Waals surface area (Å²) in [7, 11) is 0. The van der Waals surface area contributed by atoms with Crippen molar-refractivity contribution in [2.24, 2.45) is 5.10 Å². The summed E-state index contributed by atoms with van der Waals surface area (Å²) in [5, 5.41) is 74.5. The zero-order valence-electron chi connectivity index (χ0n) is 15.6. The van der Waals surface area contributed by atoms with E-state index in [1.807, 2.05) is 0 Å². The van der Waals surface area contributed by atoms with Crippen LogP contribution in [0.5, 0.6) is 0 Å². The van der Waals surface area contributed by atoms with Gasteiger partial charge in [-0.05, 0) is 6.92 Å². The second kappa shape index (κ2) is 8.85. The Bertz CT molecular complexity index is 630. The number of hydrazone groups is 1. The number of carbonyl (C=O) groups excluding carboxylic acids is 1. The van der Waals surface area contributed by atoms with Gasteiger partial charge in [0.15, 0.2) is 12.5 Å². The van der Waals surface area contributed by atoms with E-state index in [9.17, 15) is 40.5 Å². The SMILES string of the molecule is CC1=NN(C2O[C@H](CO)[C@@H](O[C@@H]3O[C@H](CO)[C@H](O)[C@H](O)[C@H]3O)[C@H](O)[C@H]2O)C(=O)C1. The Balaban J connectivity index is 1.75. The first kappa shape index (κ1) is 22.4. The number of nitrogens with zero attached hydrogens (tertiary/aromatic N) is 2. The zero-order valence-corrected chi connectivity index (χ0v) is 15.6. The third-order valence-corrected chi connectivity index (χ3v) is 5.16. The summed E-state index contributed by atoms with van der Waals surface area (Å²) in [5.41, 5.74) is 0.487. The zero-order chi connectivity index (χ0) is 21.5. The van der Waals surface area contributed by atoms with Crippen LogP contribution in [0.2, 0.25) is 0 Å². The first-order chi connectivity index (χ1) is 13.7. The highest BCUT2D eigenvalue weighted by Gasteiger charge is 2.52. The number of hydrogen-bond acceptors (Lipinski definition) is 12. The molecule has 0 aliphatic carbocycles. The molecule has 13 nitrogen and oxygen atoms in total. The summed E-state index contributed by atoms with van der Waals surface area (Å²) in [6, 6.07) is 0. The molecule has 0 bridgehead atoms. The number of hydrogen-bond donors (Lipinski definition) is 7. The van der Waals surface area contributed by atoms with Crippen molar-refractivity contribution in [2.45, 2.75) is 74.7 Å². The van der Waals surface area contributed by atoms with Crippen LogP contribution in [0.3, 0.4) is 0 Å². The molecule has 1 unspecified atom stereocenters. The lowest BCUT2D eigenvalue weighted by molar-refractivity contribution is -0.347. The van der Waals surface area contributed by atoms with Crippen LogP contribution in [0.25, 0.3) is 0 Å². The van der Waals surface area contributed by atoms with Gasteiger partial charge in [0, 0.05) is 5.71 Å². The molecule has 3 rings (SSSR count). The molecule has 3 aliphatic heterocycles. The van der Waals surface area contributed by atoms with Gasteiger partial charge in [-0.15, -0.1) is 0 Å². The highest BCUT2D eigenvalue weighted by Crippen LogP contribution is 2.31. The molecule has 0 aromatic carbocycles. The maximum Gasteiger partial charge on any atom is 0.250 e. The lowest BCUT2D eigenvalue weighted by atomic mass is 9.96. The first-order valence-corrected chi connectivity index (χ1v) is 9.14. The summed E-state index contributed by atoms with van der Waals surface area (Å²) in [4.78, 5) is 12.0. The van der Waals surface area contributed by atoms with Crippen LogP contribution in [0.4, 0.5) is 0 Å². The highest BCUT2D eigenvalue weighted by molar-refractivity contribution is 6.03. The summed E-state index contributed by atoms with van der Waals surface area (Å²) < 4.78 is 16.2. The van der Waals surface area contributed by atoms with Crippen molar-refractivity contribution in [1.29, 1.82) is 0 Å². The van der Waals surface area contributed by atoms with Gasteiger partial charge in [0.25, 0.3) is 5.91 Å². The number of carbonyl (C=O) groups is 1. The fourth-order valence-corrected chi connectivity index (χ4v) is 3.55. The van der Waals surface area contributed by atoms with Crippen LogP contribution < -0.4 is 0 Å². The molecule has 10 atom stereocenters.